The van der Waals surface area contributed by atoms with Crippen molar-refractivity contribution in [1.29, 1.82) is 0 Å². The summed E-state index contributed by atoms with van der Waals surface area (Å²) in [6.07, 6.45) is 1.54. The maximum Gasteiger partial charge on any atom is 0.315 e. The number of hydrogen-bond donors (Lipinski definition) is 3. The number of nitrogens with one attached hydrogen (secondary N) is 3. The van der Waals surface area contributed by atoms with Crippen molar-refractivity contribution in [1.82, 2.24) is 10.6 Å². The molecule has 8 nitrogen and oxygen atoms in total. The second-order valence-electron chi connectivity index (χ2n) is 4.42. The first-order valence-electron chi connectivity index (χ1n) is 6.67. The van der Waals surface area contributed by atoms with E-state index >= 15 is 0 Å². The molecule has 116 valence electrons. The lowest BCUT2D eigenvalue weighted by molar-refractivity contribution is -0.384. The highest BCUT2D eigenvalue weighted by molar-refractivity contribution is 5.73. The monoisotopic (exact) mass is 304 g/mol. The molecule has 2 aromatic rings. The fourth-order valence-corrected chi connectivity index (χ4v) is 1.73. The fraction of sp³-hybridized carbons (Fsp3) is 0.214. The molecule has 0 radical (unpaired) electrons. The summed E-state index contributed by atoms with van der Waals surface area (Å²) < 4.78 is 5.09. The van der Waals surface area contributed by atoms with Gasteiger partial charge in [-0.3, -0.25) is 10.1 Å². The number of benzene rings is 1. The summed E-state index contributed by atoms with van der Waals surface area (Å²) in [6, 6.07) is 9.32. The van der Waals surface area contributed by atoms with Gasteiger partial charge >= 0.3 is 6.03 Å². The largest absolute Gasteiger partial charge is 0.467 e. The SMILES string of the molecule is O=C(NCCNc1ccc([N+](=O)[O-])cc1)NCc1ccco1. The number of furan rings is 1. The van der Waals surface area contributed by atoms with E-state index in [0.29, 0.717) is 25.4 Å². The van der Waals surface area contributed by atoms with E-state index in [-0.39, 0.29) is 11.7 Å². The number of nitro groups is 1. The van der Waals surface area contributed by atoms with Gasteiger partial charge in [0.15, 0.2) is 0 Å². The first kappa shape index (κ1) is 15.4. The fourth-order valence-electron chi connectivity index (χ4n) is 1.73. The van der Waals surface area contributed by atoms with E-state index in [2.05, 4.69) is 16.0 Å². The topological polar surface area (TPSA) is 109 Å². The van der Waals surface area contributed by atoms with Crippen LogP contribution in [0.5, 0.6) is 0 Å². The number of hydrogen-bond acceptors (Lipinski definition) is 5. The Hall–Kier alpha value is -3.03. The van der Waals surface area contributed by atoms with Crippen molar-refractivity contribution in [3.63, 3.8) is 0 Å². The number of carbonyl (C=O) groups excluding carboxylic acids is 1. The van der Waals surface area contributed by atoms with Crippen molar-refractivity contribution in [3.05, 3.63) is 58.5 Å². The molecule has 3 N–H and O–H groups in total. The van der Waals surface area contributed by atoms with Crippen LogP contribution in [-0.4, -0.2) is 24.0 Å². The number of amides is 2. The zero-order valence-corrected chi connectivity index (χ0v) is 11.7. The van der Waals surface area contributed by atoms with Crippen LogP contribution >= 0.6 is 0 Å². The molecule has 2 amide bonds. The highest BCUT2D eigenvalue weighted by atomic mass is 16.6. The molecule has 1 heterocycles. The van der Waals surface area contributed by atoms with Gasteiger partial charge in [-0.1, -0.05) is 0 Å². The van der Waals surface area contributed by atoms with Crippen LogP contribution in [0, 0.1) is 10.1 Å². The third kappa shape index (κ3) is 4.82. The summed E-state index contributed by atoms with van der Waals surface area (Å²) in [7, 11) is 0. The summed E-state index contributed by atoms with van der Waals surface area (Å²) >= 11 is 0. The number of non-ortho nitro benzene ring substituents is 1. The number of nitro benzene ring substituents is 1. The molecule has 0 unspecified atom stereocenters. The van der Waals surface area contributed by atoms with Gasteiger partial charge in [0.25, 0.3) is 5.69 Å². The smallest absolute Gasteiger partial charge is 0.315 e. The minimum absolute atomic E-state index is 0.0426. The highest BCUT2D eigenvalue weighted by Crippen LogP contribution is 2.14. The van der Waals surface area contributed by atoms with E-state index in [1.807, 2.05) is 0 Å². The van der Waals surface area contributed by atoms with Gasteiger partial charge < -0.3 is 20.4 Å². The molecular weight excluding hydrogens is 288 g/mol. The standard InChI is InChI=1S/C14H16N4O4/c19-14(17-10-13-2-1-9-22-13)16-8-7-15-11-3-5-12(6-4-11)18(20)21/h1-6,9,15H,7-8,10H2,(H2,16,17,19). The Morgan fingerprint density at radius 3 is 2.55 bits per heavy atom. The molecule has 1 aromatic heterocycles. The Balaban J connectivity index is 1.62. The first-order valence-corrected chi connectivity index (χ1v) is 6.67. The van der Waals surface area contributed by atoms with E-state index in [1.54, 1.807) is 30.5 Å². The average Bonchev–Trinajstić information content (AvgIpc) is 3.03. The molecule has 0 spiro atoms. The van der Waals surface area contributed by atoms with Crippen molar-refractivity contribution < 1.29 is 14.1 Å². The third-order valence-corrected chi connectivity index (χ3v) is 2.82. The highest BCUT2D eigenvalue weighted by Gasteiger charge is 2.04. The molecule has 0 atom stereocenters. The number of urea groups is 1. The second-order valence-corrected chi connectivity index (χ2v) is 4.42. The molecule has 1 aromatic carbocycles. The van der Waals surface area contributed by atoms with Gasteiger partial charge in [-0.25, -0.2) is 4.79 Å². The Morgan fingerprint density at radius 2 is 1.91 bits per heavy atom. The van der Waals surface area contributed by atoms with Crippen LogP contribution in [0.2, 0.25) is 0 Å². The zero-order valence-electron chi connectivity index (χ0n) is 11.7. The number of rotatable bonds is 7. The molecule has 0 aliphatic heterocycles. The molecule has 8 heteroatoms. The minimum atomic E-state index is -0.450. The minimum Gasteiger partial charge on any atom is -0.467 e. The maximum atomic E-state index is 11.5. The second kappa shape index (κ2) is 7.67. The van der Waals surface area contributed by atoms with Crippen LogP contribution < -0.4 is 16.0 Å². The van der Waals surface area contributed by atoms with Crippen LogP contribution in [0.15, 0.2) is 47.1 Å². The lowest BCUT2D eigenvalue weighted by Gasteiger charge is -2.08. The van der Waals surface area contributed by atoms with Crippen molar-refractivity contribution >= 4 is 17.4 Å². The third-order valence-electron chi connectivity index (χ3n) is 2.82. The molecule has 2 rings (SSSR count). The molecular formula is C14H16N4O4. The van der Waals surface area contributed by atoms with E-state index in [9.17, 15) is 14.9 Å². The van der Waals surface area contributed by atoms with Crippen molar-refractivity contribution in [2.75, 3.05) is 18.4 Å². The van der Waals surface area contributed by atoms with Gasteiger partial charge in [0.1, 0.15) is 5.76 Å². The van der Waals surface area contributed by atoms with Crippen LogP contribution in [0.3, 0.4) is 0 Å². The van der Waals surface area contributed by atoms with E-state index in [1.165, 1.54) is 12.1 Å². The molecule has 0 aliphatic carbocycles. The summed E-state index contributed by atoms with van der Waals surface area (Å²) in [6.45, 7) is 1.25. The van der Waals surface area contributed by atoms with E-state index in [4.69, 9.17) is 4.42 Å². The van der Waals surface area contributed by atoms with Gasteiger partial charge in [0.05, 0.1) is 17.7 Å². The van der Waals surface area contributed by atoms with Crippen LogP contribution in [0.1, 0.15) is 5.76 Å². The number of anilines is 1. The zero-order chi connectivity index (χ0) is 15.8. The first-order chi connectivity index (χ1) is 10.6. The van der Waals surface area contributed by atoms with Gasteiger partial charge in [-0.05, 0) is 24.3 Å². The Morgan fingerprint density at radius 1 is 1.14 bits per heavy atom. The van der Waals surface area contributed by atoms with E-state index < -0.39 is 4.92 Å². The average molecular weight is 304 g/mol. The lowest BCUT2D eigenvalue weighted by atomic mass is 10.3. The van der Waals surface area contributed by atoms with Gasteiger partial charge in [0.2, 0.25) is 0 Å². The quantitative estimate of drug-likeness (QED) is 0.412. The summed E-state index contributed by atoms with van der Waals surface area (Å²) in [5, 5.41) is 18.9. The van der Waals surface area contributed by atoms with Crippen molar-refractivity contribution in [2.45, 2.75) is 6.54 Å². The molecule has 0 saturated heterocycles. The lowest BCUT2D eigenvalue weighted by Crippen LogP contribution is -2.37. The van der Waals surface area contributed by atoms with Crippen LogP contribution in [0.25, 0.3) is 0 Å². The normalized spacial score (nSPS) is 10.0. The summed E-state index contributed by atoms with van der Waals surface area (Å²) in [5.74, 6) is 0.680. The maximum absolute atomic E-state index is 11.5. The van der Waals surface area contributed by atoms with Crippen LogP contribution in [0.4, 0.5) is 16.2 Å². The Kier molecular flexibility index (Phi) is 5.36. The van der Waals surface area contributed by atoms with Crippen LogP contribution in [-0.2, 0) is 6.54 Å². The predicted molar refractivity (Wildman–Crippen MR) is 80.5 cm³/mol. The van der Waals surface area contributed by atoms with Crippen molar-refractivity contribution in [3.8, 4) is 0 Å². The molecule has 0 aliphatic rings. The van der Waals surface area contributed by atoms with E-state index in [0.717, 1.165) is 5.69 Å². The Labute approximate surface area is 126 Å². The van der Waals surface area contributed by atoms with Crippen molar-refractivity contribution in [2.24, 2.45) is 0 Å². The van der Waals surface area contributed by atoms with Gasteiger partial charge in [-0.15, -0.1) is 0 Å². The number of nitrogens with zero attached hydrogens (tertiary/aromatic N) is 1. The Bertz CT molecular complexity index is 610. The molecule has 0 bridgehead atoms. The molecule has 22 heavy (non-hydrogen) atoms. The molecule has 0 saturated carbocycles. The summed E-state index contributed by atoms with van der Waals surface area (Å²) in [4.78, 5) is 21.6. The number of carbonyl (C=O) groups is 1. The summed E-state index contributed by atoms with van der Waals surface area (Å²) in [5.41, 5.74) is 0.796. The van der Waals surface area contributed by atoms with Gasteiger partial charge in [-0.2, -0.15) is 0 Å². The predicted octanol–water partition coefficient (Wildman–Crippen LogP) is 2.10. The van der Waals surface area contributed by atoms with Gasteiger partial charge in [0, 0.05) is 30.9 Å². The molecule has 0 fully saturated rings.